The molecule has 0 bridgehead atoms. The molecular weight excluding hydrogens is 375 g/mol. The van der Waals surface area contributed by atoms with E-state index in [-0.39, 0.29) is 35.6 Å². The Morgan fingerprint density at radius 3 is 2.62 bits per heavy atom. The van der Waals surface area contributed by atoms with Crippen molar-refractivity contribution in [1.29, 1.82) is 0 Å². The number of hydrogen-bond donors (Lipinski definition) is 0. The van der Waals surface area contributed by atoms with Crippen LogP contribution in [0.25, 0.3) is 0 Å². The van der Waals surface area contributed by atoms with Gasteiger partial charge < -0.3 is 19.3 Å². The minimum absolute atomic E-state index is 0.0802. The van der Waals surface area contributed by atoms with Gasteiger partial charge in [0.2, 0.25) is 5.91 Å². The van der Waals surface area contributed by atoms with E-state index in [0.717, 1.165) is 5.56 Å². The highest BCUT2D eigenvalue weighted by molar-refractivity contribution is 5.77. The SMILES string of the molecule is CN(C)C(=O)N1C[C@H]2CN(C(=O)CCn3cnnc3)C[C@H]2[C@@H]1c1cccc(F)c1. The van der Waals surface area contributed by atoms with Crippen LogP contribution in [0.15, 0.2) is 36.9 Å². The number of carbonyl (C=O) groups excluding carboxylic acids is 2. The molecule has 4 rings (SSSR count). The molecule has 3 amide bonds. The molecule has 0 spiro atoms. The van der Waals surface area contributed by atoms with Gasteiger partial charge in [-0.05, 0) is 17.7 Å². The van der Waals surface area contributed by atoms with Crippen LogP contribution in [0.5, 0.6) is 0 Å². The van der Waals surface area contributed by atoms with E-state index in [0.29, 0.717) is 32.6 Å². The van der Waals surface area contributed by atoms with E-state index in [4.69, 9.17) is 0 Å². The summed E-state index contributed by atoms with van der Waals surface area (Å²) in [5, 5.41) is 7.50. The third-order valence-electron chi connectivity index (χ3n) is 5.89. The van der Waals surface area contributed by atoms with Gasteiger partial charge in [0.25, 0.3) is 0 Å². The van der Waals surface area contributed by atoms with E-state index in [1.165, 1.54) is 12.1 Å². The third kappa shape index (κ3) is 3.81. The zero-order chi connectivity index (χ0) is 20.5. The lowest BCUT2D eigenvalue weighted by molar-refractivity contribution is -0.130. The Labute approximate surface area is 168 Å². The first-order valence-corrected chi connectivity index (χ1v) is 9.77. The van der Waals surface area contributed by atoms with Crippen LogP contribution in [0.2, 0.25) is 0 Å². The standard InChI is InChI=1S/C20H25FN6O2/c1-24(2)20(29)27-10-15-9-26(18(28)6-7-25-12-22-23-13-25)11-17(15)19(27)14-4-3-5-16(21)8-14/h3-5,8,12-13,15,17,19H,6-7,9-11H2,1-2H3/t15-,17-,19+/m1/s1. The van der Waals surface area contributed by atoms with Crippen molar-refractivity contribution in [1.82, 2.24) is 29.5 Å². The van der Waals surface area contributed by atoms with Crippen LogP contribution in [0.1, 0.15) is 18.0 Å². The highest BCUT2D eigenvalue weighted by atomic mass is 19.1. The average Bonchev–Trinajstić information content (AvgIpc) is 3.41. The summed E-state index contributed by atoms with van der Waals surface area (Å²) >= 11 is 0. The predicted octanol–water partition coefficient (Wildman–Crippen LogP) is 1.62. The number of amides is 3. The first-order chi connectivity index (χ1) is 13.9. The second-order valence-corrected chi connectivity index (χ2v) is 8.00. The number of aryl methyl sites for hydroxylation is 1. The van der Waals surface area contributed by atoms with Crippen molar-refractivity contribution in [2.24, 2.45) is 11.8 Å². The normalized spacial score (nSPS) is 23.3. The van der Waals surface area contributed by atoms with Gasteiger partial charge in [-0.15, -0.1) is 10.2 Å². The van der Waals surface area contributed by atoms with Gasteiger partial charge in [-0.25, -0.2) is 9.18 Å². The van der Waals surface area contributed by atoms with E-state index in [1.807, 2.05) is 15.9 Å². The smallest absolute Gasteiger partial charge is 0.320 e. The number of rotatable bonds is 4. The largest absolute Gasteiger partial charge is 0.342 e. The van der Waals surface area contributed by atoms with E-state index < -0.39 is 0 Å². The number of nitrogens with zero attached hydrogens (tertiary/aromatic N) is 6. The summed E-state index contributed by atoms with van der Waals surface area (Å²) in [4.78, 5) is 30.7. The molecular formula is C20H25FN6O2. The molecule has 2 saturated heterocycles. The molecule has 9 heteroatoms. The predicted molar refractivity (Wildman–Crippen MR) is 103 cm³/mol. The van der Waals surface area contributed by atoms with Gasteiger partial charge in [-0.1, -0.05) is 12.1 Å². The average molecular weight is 400 g/mol. The van der Waals surface area contributed by atoms with Gasteiger partial charge >= 0.3 is 6.03 Å². The number of aromatic nitrogens is 3. The number of benzene rings is 1. The van der Waals surface area contributed by atoms with Gasteiger partial charge in [0.15, 0.2) is 0 Å². The summed E-state index contributed by atoms with van der Waals surface area (Å²) in [7, 11) is 3.44. The maximum atomic E-state index is 13.9. The van der Waals surface area contributed by atoms with Gasteiger partial charge in [-0.2, -0.15) is 0 Å². The summed E-state index contributed by atoms with van der Waals surface area (Å²) < 4.78 is 15.7. The Morgan fingerprint density at radius 1 is 1.17 bits per heavy atom. The molecule has 3 atom stereocenters. The fraction of sp³-hybridized carbons (Fsp3) is 0.500. The Balaban J connectivity index is 1.51. The number of halogens is 1. The Kier molecular flexibility index (Phi) is 5.21. The van der Waals surface area contributed by atoms with Crippen molar-refractivity contribution in [3.8, 4) is 0 Å². The monoisotopic (exact) mass is 400 g/mol. The highest BCUT2D eigenvalue weighted by Gasteiger charge is 2.50. The van der Waals surface area contributed by atoms with Crippen LogP contribution in [0.3, 0.4) is 0 Å². The molecule has 1 aromatic carbocycles. The maximum absolute atomic E-state index is 13.9. The quantitative estimate of drug-likeness (QED) is 0.782. The summed E-state index contributed by atoms with van der Waals surface area (Å²) in [5.74, 6) is 0.0465. The van der Waals surface area contributed by atoms with Crippen LogP contribution in [-0.4, -0.2) is 75.1 Å². The van der Waals surface area contributed by atoms with Crippen LogP contribution in [-0.2, 0) is 11.3 Å². The summed E-state index contributed by atoms with van der Waals surface area (Å²) in [6, 6.07) is 6.12. The Hall–Kier alpha value is -2.97. The van der Waals surface area contributed by atoms with E-state index >= 15 is 0 Å². The molecule has 1 aromatic heterocycles. The third-order valence-corrected chi connectivity index (χ3v) is 5.89. The molecule has 2 aliphatic rings. The lowest BCUT2D eigenvalue weighted by Gasteiger charge is -2.32. The fourth-order valence-corrected chi connectivity index (χ4v) is 4.54. The second-order valence-electron chi connectivity index (χ2n) is 8.00. The van der Waals surface area contributed by atoms with Gasteiger partial charge in [0.05, 0.1) is 6.04 Å². The van der Waals surface area contributed by atoms with E-state index in [2.05, 4.69) is 10.2 Å². The van der Waals surface area contributed by atoms with Crippen LogP contribution in [0, 0.1) is 17.7 Å². The molecule has 8 nitrogen and oxygen atoms in total. The molecule has 2 aromatic rings. The van der Waals surface area contributed by atoms with Crippen molar-refractivity contribution in [2.45, 2.75) is 19.0 Å². The molecule has 0 N–H and O–H groups in total. The molecule has 0 unspecified atom stereocenters. The number of hydrogen-bond acceptors (Lipinski definition) is 4. The van der Waals surface area contributed by atoms with Crippen molar-refractivity contribution >= 4 is 11.9 Å². The number of likely N-dealkylation sites (tertiary alicyclic amines) is 2. The van der Waals surface area contributed by atoms with Crippen LogP contribution < -0.4 is 0 Å². The summed E-state index contributed by atoms with van der Waals surface area (Å²) in [6.07, 6.45) is 3.57. The maximum Gasteiger partial charge on any atom is 0.320 e. The first-order valence-electron chi connectivity index (χ1n) is 9.77. The van der Waals surface area contributed by atoms with Gasteiger partial charge in [-0.3, -0.25) is 4.79 Å². The van der Waals surface area contributed by atoms with Gasteiger partial charge in [0.1, 0.15) is 18.5 Å². The molecule has 0 aliphatic carbocycles. The topological polar surface area (TPSA) is 74.6 Å². The summed E-state index contributed by atoms with van der Waals surface area (Å²) in [5.41, 5.74) is 0.784. The first kappa shape index (κ1) is 19.4. The molecule has 29 heavy (non-hydrogen) atoms. The van der Waals surface area contributed by atoms with Crippen LogP contribution >= 0.6 is 0 Å². The zero-order valence-corrected chi connectivity index (χ0v) is 16.6. The zero-order valence-electron chi connectivity index (χ0n) is 16.6. The molecule has 2 fully saturated rings. The lowest BCUT2D eigenvalue weighted by Crippen LogP contribution is -2.42. The van der Waals surface area contributed by atoms with Crippen molar-refractivity contribution in [3.63, 3.8) is 0 Å². The second kappa shape index (κ2) is 7.81. The molecule has 0 radical (unpaired) electrons. The molecule has 0 saturated carbocycles. The van der Waals surface area contributed by atoms with Gasteiger partial charge in [0, 0.05) is 58.5 Å². The van der Waals surface area contributed by atoms with E-state index in [1.54, 1.807) is 42.3 Å². The fourth-order valence-electron chi connectivity index (χ4n) is 4.54. The minimum Gasteiger partial charge on any atom is -0.342 e. The highest BCUT2D eigenvalue weighted by Crippen LogP contribution is 2.45. The Bertz CT molecular complexity index is 887. The minimum atomic E-state index is -0.317. The van der Waals surface area contributed by atoms with Crippen molar-refractivity contribution in [2.75, 3.05) is 33.7 Å². The number of fused-ring (bicyclic) bond motifs is 1. The number of urea groups is 1. The number of carbonyl (C=O) groups is 2. The molecule has 154 valence electrons. The van der Waals surface area contributed by atoms with Crippen LogP contribution in [0.4, 0.5) is 9.18 Å². The lowest BCUT2D eigenvalue weighted by atomic mass is 9.89. The Morgan fingerprint density at radius 2 is 1.93 bits per heavy atom. The van der Waals surface area contributed by atoms with E-state index in [9.17, 15) is 14.0 Å². The van der Waals surface area contributed by atoms with Crippen molar-refractivity contribution < 1.29 is 14.0 Å². The summed E-state index contributed by atoms with van der Waals surface area (Å²) in [6.45, 7) is 2.30. The molecule has 2 aliphatic heterocycles. The molecule has 3 heterocycles. The van der Waals surface area contributed by atoms with Crippen molar-refractivity contribution in [3.05, 3.63) is 48.3 Å².